The first kappa shape index (κ1) is 28.8. The molecule has 11 nitrogen and oxygen atoms in total. The normalized spacial score (nSPS) is 31.6. The van der Waals surface area contributed by atoms with Crippen LogP contribution in [-0.2, 0) is 23.9 Å². The van der Waals surface area contributed by atoms with Crippen molar-refractivity contribution >= 4 is 29.2 Å². The third-order valence-corrected chi connectivity index (χ3v) is 9.37. The number of ketones is 2. The van der Waals surface area contributed by atoms with Gasteiger partial charge in [0.05, 0.1) is 17.5 Å². The van der Waals surface area contributed by atoms with Gasteiger partial charge < -0.3 is 30.5 Å². The number of carbonyl (C=O) groups is 4. The van der Waals surface area contributed by atoms with Crippen molar-refractivity contribution in [1.82, 2.24) is 10.2 Å². The molecule has 0 aromatic heterocycles. The summed E-state index contributed by atoms with van der Waals surface area (Å²) in [6.45, 7) is 1.74. The van der Waals surface area contributed by atoms with Gasteiger partial charge in [-0.2, -0.15) is 0 Å². The van der Waals surface area contributed by atoms with Crippen LogP contribution < -0.4 is 5.32 Å². The van der Waals surface area contributed by atoms with E-state index < -0.39 is 76.0 Å². The van der Waals surface area contributed by atoms with Crippen LogP contribution in [0.1, 0.15) is 56.1 Å². The van der Waals surface area contributed by atoms with Crippen molar-refractivity contribution in [2.75, 3.05) is 21.1 Å². The van der Waals surface area contributed by atoms with E-state index in [1.165, 1.54) is 32.1 Å². The quantitative estimate of drug-likeness (QED) is 0.261. The largest absolute Gasteiger partial charge is 0.508 e. The lowest BCUT2D eigenvalue weighted by molar-refractivity contribution is -0.186. The maximum atomic E-state index is 14.3. The third kappa shape index (κ3) is 4.16. The summed E-state index contributed by atoms with van der Waals surface area (Å²) >= 11 is 0. The molecule has 11 heteroatoms. The predicted molar refractivity (Wildman–Crippen MR) is 146 cm³/mol. The molecule has 2 saturated carbocycles. The molecule has 0 aliphatic heterocycles. The maximum Gasteiger partial charge on any atom is 0.306 e. The highest BCUT2D eigenvalue weighted by Gasteiger charge is 2.69. The number of phenolic OH excluding ortho intramolecular Hbond substituents is 1. The van der Waals surface area contributed by atoms with E-state index in [4.69, 9.17) is 4.74 Å². The van der Waals surface area contributed by atoms with Gasteiger partial charge in [-0.25, -0.2) is 0 Å². The molecule has 5 N–H and O–H groups in total. The molecule has 0 saturated heterocycles. The van der Waals surface area contributed by atoms with E-state index in [2.05, 4.69) is 5.32 Å². The first-order valence-corrected chi connectivity index (χ1v) is 13.9. The fourth-order valence-corrected chi connectivity index (χ4v) is 7.45. The van der Waals surface area contributed by atoms with Crippen molar-refractivity contribution in [2.45, 2.75) is 62.7 Å². The van der Waals surface area contributed by atoms with E-state index >= 15 is 0 Å². The van der Waals surface area contributed by atoms with Crippen molar-refractivity contribution in [2.24, 2.45) is 17.8 Å². The summed E-state index contributed by atoms with van der Waals surface area (Å²) in [5.74, 6) is -8.70. The van der Waals surface area contributed by atoms with Crippen LogP contribution in [0.15, 0.2) is 35.1 Å². The number of aliphatic hydroxyl groups excluding tert-OH is 2. The number of likely N-dealkylation sites (N-methyl/N-ethyl adjacent to an activating group) is 2. The number of carbonyl (C=O) groups excluding carboxylic acids is 4. The molecule has 0 bridgehead atoms. The Morgan fingerprint density at radius 1 is 1.12 bits per heavy atom. The number of Topliss-reactive ketones (excluding diaryl/α,β-unsaturated/α-hetero) is 2. The average Bonchev–Trinajstić information content (AvgIpc) is 3.43. The van der Waals surface area contributed by atoms with Crippen LogP contribution in [0.5, 0.6) is 5.75 Å². The zero-order chi connectivity index (χ0) is 30.0. The van der Waals surface area contributed by atoms with Gasteiger partial charge in [0, 0.05) is 25.0 Å². The number of fused-ring (bicyclic) bond motifs is 3. The molecule has 4 aliphatic carbocycles. The molecule has 5 rings (SSSR count). The second-order valence-corrected chi connectivity index (χ2v) is 11.8. The second kappa shape index (κ2) is 10.3. The van der Waals surface area contributed by atoms with Gasteiger partial charge in [-0.1, -0.05) is 31.9 Å². The Labute approximate surface area is 237 Å². The number of esters is 1. The maximum absolute atomic E-state index is 14.3. The predicted octanol–water partition coefficient (Wildman–Crippen LogP) is 1.89. The molecule has 1 aromatic rings. The Bertz CT molecular complexity index is 1390. The van der Waals surface area contributed by atoms with E-state index in [-0.39, 0.29) is 29.2 Å². The molecule has 0 unspecified atom stereocenters. The SMILES string of the molecule is CNC(=O)C1=C(O)[C@@]2(O)C(=O)C3=C(O)c4c(O)cccc4[C@H](C)[C@H]3[C@H](OC(=O)CC3CCCC3)[C@H]2[C@H](N(C)C)C1=O. The zero-order valence-corrected chi connectivity index (χ0v) is 23.5. The van der Waals surface area contributed by atoms with Gasteiger partial charge in [0.25, 0.3) is 5.91 Å². The number of nitrogens with zero attached hydrogens (tertiary/aromatic N) is 1. The topological polar surface area (TPSA) is 174 Å². The molecule has 1 amide bonds. The fourth-order valence-electron chi connectivity index (χ4n) is 7.45. The monoisotopic (exact) mass is 568 g/mol. The van der Waals surface area contributed by atoms with Gasteiger partial charge >= 0.3 is 5.97 Å². The van der Waals surface area contributed by atoms with E-state index in [0.717, 1.165) is 25.7 Å². The number of aliphatic hydroxyl groups is 3. The van der Waals surface area contributed by atoms with Crippen molar-refractivity contribution in [3.05, 3.63) is 46.2 Å². The highest BCUT2D eigenvalue weighted by atomic mass is 16.5. The second-order valence-electron chi connectivity index (χ2n) is 11.8. The first-order valence-electron chi connectivity index (χ1n) is 13.9. The Morgan fingerprint density at radius 3 is 2.39 bits per heavy atom. The summed E-state index contributed by atoms with van der Waals surface area (Å²) < 4.78 is 6.10. The lowest BCUT2D eigenvalue weighted by Crippen LogP contribution is -2.71. The minimum Gasteiger partial charge on any atom is -0.508 e. The standard InChI is InChI=1S/C30H36N2O9/c1-13-15-10-7-11-16(33)19(15)24(35)20-18(13)26(41-17(34)12-14-8-5-6-9-14)22-23(32(3)4)25(36)21(29(39)31-2)28(38)30(22,40)27(20)37/h7,10-11,13-14,18,22-23,26,33,35,38,40H,5-6,8-9,12H2,1-4H3,(H,31,39)/t13-,18+,22+,23-,26-,30-/m0/s1. The van der Waals surface area contributed by atoms with Crippen LogP contribution in [0.25, 0.3) is 5.76 Å². The summed E-state index contributed by atoms with van der Waals surface area (Å²) in [5.41, 5.74) is -3.56. The van der Waals surface area contributed by atoms with Crippen LogP contribution in [0.3, 0.4) is 0 Å². The molecule has 0 heterocycles. The summed E-state index contributed by atoms with van der Waals surface area (Å²) in [4.78, 5) is 55.7. The van der Waals surface area contributed by atoms with E-state index in [1.807, 2.05) is 0 Å². The Hall–Kier alpha value is -3.70. The summed E-state index contributed by atoms with van der Waals surface area (Å²) in [7, 11) is 4.28. The van der Waals surface area contributed by atoms with Crippen LogP contribution in [-0.4, -0.2) is 87.7 Å². The number of benzene rings is 1. The number of amides is 1. The summed E-state index contributed by atoms with van der Waals surface area (Å²) in [6, 6.07) is 3.25. The lowest BCUT2D eigenvalue weighted by Gasteiger charge is -2.54. The summed E-state index contributed by atoms with van der Waals surface area (Å²) in [6.07, 6.45) is 2.46. The van der Waals surface area contributed by atoms with Gasteiger partial charge in [0.2, 0.25) is 5.78 Å². The molecule has 2 fully saturated rings. The number of hydrogen-bond acceptors (Lipinski definition) is 10. The van der Waals surface area contributed by atoms with Crippen LogP contribution in [0.2, 0.25) is 0 Å². The highest BCUT2D eigenvalue weighted by Crippen LogP contribution is 2.57. The average molecular weight is 569 g/mol. The number of nitrogens with one attached hydrogen (secondary N) is 1. The molecular weight excluding hydrogens is 532 g/mol. The van der Waals surface area contributed by atoms with Crippen molar-refractivity contribution in [3.8, 4) is 5.75 Å². The van der Waals surface area contributed by atoms with Crippen LogP contribution >= 0.6 is 0 Å². The Kier molecular flexibility index (Phi) is 7.23. The van der Waals surface area contributed by atoms with Crippen molar-refractivity contribution in [1.29, 1.82) is 0 Å². The Balaban J connectivity index is 1.77. The fraction of sp³-hybridized carbons (Fsp3) is 0.533. The van der Waals surface area contributed by atoms with E-state index in [9.17, 15) is 39.6 Å². The molecule has 6 atom stereocenters. The molecule has 0 spiro atoms. The van der Waals surface area contributed by atoms with Gasteiger partial charge in [0.15, 0.2) is 11.4 Å². The smallest absolute Gasteiger partial charge is 0.306 e. The molecule has 0 radical (unpaired) electrons. The van der Waals surface area contributed by atoms with E-state index in [0.29, 0.717) is 5.56 Å². The zero-order valence-electron chi connectivity index (χ0n) is 23.5. The number of hydrogen-bond donors (Lipinski definition) is 5. The molecule has 41 heavy (non-hydrogen) atoms. The minimum absolute atomic E-state index is 0.0104. The van der Waals surface area contributed by atoms with Crippen LogP contribution in [0.4, 0.5) is 0 Å². The first-order chi connectivity index (χ1) is 19.4. The number of aromatic hydroxyl groups is 1. The van der Waals surface area contributed by atoms with Crippen molar-refractivity contribution < 1.29 is 44.3 Å². The van der Waals surface area contributed by atoms with E-state index in [1.54, 1.807) is 19.1 Å². The third-order valence-electron chi connectivity index (χ3n) is 9.37. The number of phenols is 1. The van der Waals surface area contributed by atoms with Gasteiger partial charge in [-0.3, -0.25) is 24.1 Å². The molecule has 1 aromatic carbocycles. The van der Waals surface area contributed by atoms with Crippen molar-refractivity contribution in [3.63, 3.8) is 0 Å². The van der Waals surface area contributed by atoms with Gasteiger partial charge in [-0.15, -0.1) is 0 Å². The number of rotatable bonds is 5. The highest BCUT2D eigenvalue weighted by molar-refractivity contribution is 6.25. The molecular formula is C30H36N2O9. The minimum atomic E-state index is -2.90. The lowest BCUT2D eigenvalue weighted by atomic mass is 9.54. The van der Waals surface area contributed by atoms with Gasteiger partial charge in [-0.05, 0) is 50.4 Å². The number of ether oxygens (including phenoxy) is 1. The Morgan fingerprint density at radius 2 is 1.78 bits per heavy atom. The molecule has 4 aliphatic rings. The van der Waals surface area contributed by atoms with Gasteiger partial charge in [0.1, 0.15) is 28.9 Å². The molecule has 220 valence electrons. The van der Waals surface area contributed by atoms with Crippen LogP contribution in [0, 0.1) is 17.8 Å². The summed E-state index contributed by atoms with van der Waals surface area (Å²) in [5, 5.41) is 47.9.